The molecule has 0 radical (unpaired) electrons. The van der Waals surface area contributed by atoms with Crippen LogP contribution in [0.1, 0.15) is 11.3 Å². The average Bonchev–Trinajstić information content (AvgIpc) is 2.81. The van der Waals surface area contributed by atoms with Crippen LogP contribution in [0.25, 0.3) is 10.8 Å². The molecule has 0 aliphatic carbocycles. The van der Waals surface area contributed by atoms with Crippen LogP contribution in [0.15, 0.2) is 49.1 Å². The summed E-state index contributed by atoms with van der Waals surface area (Å²) in [5.41, 5.74) is 3.48. The number of carbonyl (C=O) groups excluding carboxylic acids is 1. The maximum Gasteiger partial charge on any atom is 0.318 e. The maximum absolute atomic E-state index is 11.8. The first-order chi connectivity index (χ1) is 16.5. The molecule has 0 saturated carbocycles. The summed E-state index contributed by atoms with van der Waals surface area (Å²) in [4.78, 5) is 27.8. The number of nitrogens with zero attached hydrogens (tertiary/aromatic N) is 5. The highest BCUT2D eigenvalue weighted by Gasteiger charge is 2.53. The van der Waals surface area contributed by atoms with Gasteiger partial charge in [0.1, 0.15) is 5.82 Å². The zero-order chi connectivity index (χ0) is 23.4. The van der Waals surface area contributed by atoms with Crippen molar-refractivity contribution in [1.82, 2.24) is 14.9 Å². The van der Waals surface area contributed by atoms with Crippen LogP contribution in [0.3, 0.4) is 0 Å². The molecule has 1 amide bonds. The number of likely N-dealkylation sites (tertiary alicyclic amines) is 1. The first-order valence-electron chi connectivity index (χ1n) is 11.5. The van der Waals surface area contributed by atoms with E-state index in [1.165, 1.54) is 11.6 Å². The number of halogens is 1. The second kappa shape index (κ2) is 7.87. The number of carbonyl (C=O) groups is 1. The lowest BCUT2D eigenvalue weighted by molar-refractivity contribution is -0.139. The van der Waals surface area contributed by atoms with Crippen molar-refractivity contribution in [3.05, 3.63) is 65.3 Å². The Labute approximate surface area is 203 Å². The van der Waals surface area contributed by atoms with E-state index >= 15 is 0 Å². The third-order valence-electron chi connectivity index (χ3n) is 7.27. The summed E-state index contributed by atoms with van der Waals surface area (Å²) in [5.74, 6) is 0.982. The van der Waals surface area contributed by atoms with Gasteiger partial charge >= 0.3 is 6.01 Å². The number of ether oxygens (including phenoxy) is 1. The third kappa shape index (κ3) is 3.29. The van der Waals surface area contributed by atoms with E-state index in [0.29, 0.717) is 12.6 Å². The average molecular weight is 476 g/mol. The number of fused-ring (bicyclic) bond motifs is 2. The van der Waals surface area contributed by atoms with Crippen molar-refractivity contribution in [2.24, 2.45) is 5.41 Å². The highest BCUT2D eigenvalue weighted by atomic mass is 35.5. The number of benzene rings is 2. The van der Waals surface area contributed by atoms with E-state index in [-0.39, 0.29) is 11.3 Å². The quantitative estimate of drug-likeness (QED) is 0.536. The van der Waals surface area contributed by atoms with Crippen molar-refractivity contribution in [3.8, 4) is 6.01 Å². The summed E-state index contributed by atoms with van der Waals surface area (Å²) < 4.78 is 5.47. The number of hydrogen-bond donors (Lipinski definition) is 0. The number of amides is 1. The van der Waals surface area contributed by atoms with Crippen LogP contribution in [0.2, 0.25) is 5.02 Å². The fraction of sp³-hybridized carbons (Fsp3) is 0.346. The fourth-order valence-electron chi connectivity index (χ4n) is 5.65. The fourth-order valence-corrected chi connectivity index (χ4v) is 5.93. The van der Waals surface area contributed by atoms with Gasteiger partial charge in [-0.25, -0.2) is 0 Å². The smallest absolute Gasteiger partial charge is 0.318 e. The number of aromatic nitrogens is 2. The molecular weight excluding hydrogens is 450 g/mol. The van der Waals surface area contributed by atoms with Crippen LogP contribution in [0.5, 0.6) is 6.01 Å². The van der Waals surface area contributed by atoms with Crippen LogP contribution in [-0.2, 0) is 17.8 Å². The summed E-state index contributed by atoms with van der Waals surface area (Å²) >= 11 is 6.60. The van der Waals surface area contributed by atoms with Gasteiger partial charge < -0.3 is 19.4 Å². The van der Waals surface area contributed by atoms with Crippen molar-refractivity contribution in [1.29, 1.82) is 0 Å². The Hall–Kier alpha value is -3.32. The highest BCUT2D eigenvalue weighted by molar-refractivity contribution is 6.36. The Morgan fingerprint density at radius 2 is 1.88 bits per heavy atom. The minimum atomic E-state index is 0.0128. The molecule has 2 aromatic carbocycles. The zero-order valence-corrected chi connectivity index (χ0v) is 19.9. The number of methoxy groups -OCH3 is 1. The van der Waals surface area contributed by atoms with E-state index in [1.54, 1.807) is 7.11 Å². The lowest BCUT2D eigenvalue weighted by atomic mass is 9.72. The summed E-state index contributed by atoms with van der Waals surface area (Å²) in [6, 6.07) is 12.7. The molecule has 7 nitrogen and oxygen atoms in total. The predicted octanol–water partition coefficient (Wildman–Crippen LogP) is 3.69. The minimum absolute atomic E-state index is 0.0128. The van der Waals surface area contributed by atoms with Crippen LogP contribution in [0.4, 0.5) is 11.5 Å². The second-order valence-electron chi connectivity index (χ2n) is 9.50. The molecule has 2 fully saturated rings. The molecule has 1 aromatic heterocycles. The van der Waals surface area contributed by atoms with Gasteiger partial charge in [0.2, 0.25) is 5.91 Å². The van der Waals surface area contributed by atoms with Gasteiger partial charge in [0, 0.05) is 54.8 Å². The predicted molar refractivity (Wildman–Crippen MR) is 134 cm³/mol. The standard InChI is InChI=1S/C26H26ClN5O2/c1-3-22(33)31-13-26(14-31)15-32(16-26)24-18-10-11-30(12-20(18)28-25(29-24)34-2)21-9-5-7-17-6-4-8-19(27)23(17)21/h3-9H,1,10-16H2,2H3. The lowest BCUT2D eigenvalue weighted by Gasteiger charge is -2.60. The van der Waals surface area contributed by atoms with Gasteiger partial charge in [0.25, 0.3) is 0 Å². The van der Waals surface area contributed by atoms with Crippen molar-refractivity contribution in [3.63, 3.8) is 0 Å². The van der Waals surface area contributed by atoms with E-state index in [9.17, 15) is 4.79 Å². The molecule has 1 spiro atoms. The molecule has 4 heterocycles. The molecule has 174 valence electrons. The van der Waals surface area contributed by atoms with E-state index in [4.69, 9.17) is 26.3 Å². The molecule has 2 saturated heterocycles. The SMILES string of the molecule is C=CC(=O)N1CC2(C1)CN(c1nc(OC)nc3c1CCN(c1cccc4cccc(Cl)c14)C3)C2. The molecule has 0 atom stereocenters. The van der Waals surface area contributed by atoms with Gasteiger partial charge in [-0.3, -0.25) is 4.79 Å². The first-order valence-corrected chi connectivity index (χ1v) is 11.9. The third-order valence-corrected chi connectivity index (χ3v) is 7.58. The van der Waals surface area contributed by atoms with Crippen molar-refractivity contribution in [2.45, 2.75) is 13.0 Å². The molecule has 8 heteroatoms. The normalized spacial score (nSPS) is 18.4. The van der Waals surface area contributed by atoms with Crippen LogP contribution >= 0.6 is 11.6 Å². The molecule has 3 aliphatic rings. The Bertz CT molecular complexity index is 1310. The molecule has 3 aromatic rings. The van der Waals surface area contributed by atoms with Crippen molar-refractivity contribution < 1.29 is 9.53 Å². The zero-order valence-electron chi connectivity index (χ0n) is 19.1. The van der Waals surface area contributed by atoms with E-state index in [2.05, 4.69) is 40.6 Å². The number of anilines is 2. The number of rotatable bonds is 4. The highest BCUT2D eigenvalue weighted by Crippen LogP contribution is 2.44. The van der Waals surface area contributed by atoms with E-state index in [0.717, 1.165) is 72.1 Å². The Kier molecular flexibility index (Phi) is 4.92. The van der Waals surface area contributed by atoms with Crippen molar-refractivity contribution in [2.75, 3.05) is 49.6 Å². The van der Waals surface area contributed by atoms with Crippen LogP contribution < -0.4 is 14.5 Å². The first kappa shape index (κ1) is 21.2. The molecule has 3 aliphatic heterocycles. The number of hydrogen-bond acceptors (Lipinski definition) is 6. The largest absolute Gasteiger partial charge is 0.467 e. The van der Waals surface area contributed by atoms with Gasteiger partial charge in [-0.2, -0.15) is 9.97 Å². The monoisotopic (exact) mass is 475 g/mol. The summed E-state index contributed by atoms with van der Waals surface area (Å²) in [6.07, 6.45) is 2.24. The van der Waals surface area contributed by atoms with Gasteiger partial charge in [-0.05, 0) is 30.0 Å². The van der Waals surface area contributed by atoms with Crippen molar-refractivity contribution >= 4 is 39.8 Å². The lowest BCUT2D eigenvalue weighted by Crippen LogP contribution is -2.73. The Balaban J connectivity index is 1.27. The van der Waals surface area contributed by atoms with E-state index in [1.807, 2.05) is 17.0 Å². The molecular formula is C26H26ClN5O2. The molecule has 34 heavy (non-hydrogen) atoms. The second-order valence-corrected chi connectivity index (χ2v) is 9.91. The summed E-state index contributed by atoms with van der Waals surface area (Å²) in [5, 5.41) is 2.96. The molecule has 6 rings (SSSR count). The van der Waals surface area contributed by atoms with Gasteiger partial charge in [0.15, 0.2) is 0 Å². The topological polar surface area (TPSA) is 61.8 Å². The Morgan fingerprint density at radius 3 is 2.62 bits per heavy atom. The Morgan fingerprint density at radius 1 is 1.12 bits per heavy atom. The van der Waals surface area contributed by atoms with Crippen LogP contribution in [0, 0.1) is 5.41 Å². The minimum Gasteiger partial charge on any atom is -0.467 e. The van der Waals surface area contributed by atoms with Gasteiger partial charge in [-0.15, -0.1) is 0 Å². The van der Waals surface area contributed by atoms with E-state index < -0.39 is 0 Å². The maximum atomic E-state index is 11.8. The molecule has 0 unspecified atom stereocenters. The van der Waals surface area contributed by atoms with Gasteiger partial charge in [0.05, 0.1) is 24.4 Å². The summed E-state index contributed by atoms with van der Waals surface area (Å²) in [7, 11) is 1.61. The molecule has 0 N–H and O–H groups in total. The van der Waals surface area contributed by atoms with Crippen LogP contribution in [-0.4, -0.2) is 60.6 Å². The molecule has 0 bridgehead atoms. The van der Waals surface area contributed by atoms with Gasteiger partial charge in [-0.1, -0.05) is 42.4 Å². The summed E-state index contributed by atoms with van der Waals surface area (Å²) in [6.45, 7) is 8.48.